The van der Waals surface area contributed by atoms with Gasteiger partial charge in [-0.05, 0) is 48.6 Å². The minimum Gasteiger partial charge on any atom is -0.497 e. The molecule has 0 aromatic heterocycles. The van der Waals surface area contributed by atoms with E-state index in [2.05, 4.69) is 30.4 Å². The van der Waals surface area contributed by atoms with Crippen molar-refractivity contribution in [2.45, 2.75) is 63.4 Å². The van der Waals surface area contributed by atoms with E-state index < -0.39 is 6.04 Å². The summed E-state index contributed by atoms with van der Waals surface area (Å²) < 4.78 is 5.43. The molecule has 0 spiro atoms. The lowest BCUT2D eigenvalue weighted by Gasteiger charge is -2.32. The highest BCUT2D eigenvalue weighted by atomic mass is 32.2. The number of hydrogen-bond acceptors (Lipinski definition) is 4. The van der Waals surface area contributed by atoms with Gasteiger partial charge in [-0.15, -0.1) is 11.8 Å². The molecule has 0 bridgehead atoms. The number of aryl methyl sites for hydroxylation is 1. The Balaban J connectivity index is 1.57. The second-order valence-electron chi connectivity index (χ2n) is 10.1. The van der Waals surface area contributed by atoms with E-state index in [1.807, 2.05) is 60.7 Å². The molecule has 6 heteroatoms. The van der Waals surface area contributed by atoms with Crippen LogP contribution in [0.3, 0.4) is 0 Å². The van der Waals surface area contributed by atoms with Crippen LogP contribution in [0.5, 0.6) is 5.75 Å². The molecule has 1 unspecified atom stereocenters. The van der Waals surface area contributed by atoms with E-state index in [0.29, 0.717) is 18.7 Å². The molecule has 4 rings (SSSR count). The molecular formula is C32H38N2O3S. The molecule has 3 aromatic carbocycles. The minimum absolute atomic E-state index is 0.0343. The number of amides is 2. The van der Waals surface area contributed by atoms with E-state index in [1.54, 1.807) is 23.8 Å². The molecule has 1 saturated carbocycles. The summed E-state index contributed by atoms with van der Waals surface area (Å²) in [5, 5.41) is 3.27. The van der Waals surface area contributed by atoms with Crippen LogP contribution in [0.15, 0.2) is 78.9 Å². The summed E-state index contributed by atoms with van der Waals surface area (Å²) in [5.41, 5.74) is 4.38. The van der Waals surface area contributed by atoms with Gasteiger partial charge in [0.1, 0.15) is 11.8 Å². The fourth-order valence-corrected chi connectivity index (χ4v) is 5.89. The predicted octanol–water partition coefficient (Wildman–Crippen LogP) is 5.94. The van der Waals surface area contributed by atoms with Crippen LogP contribution in [0.4, 0.5) is 0 Å². The van der Waals surface area contributed by atoms with Gasteiger partial charge in [0.15, 0.2) is 0 Å². The first-order valence-corrected chi connectivity index (χ1v) is 14.6. The highest BCUT2D eigenvalue weighted by Gasteiger charge is 2.32. The Morgan fingerprint density at radius 3 is 2.39 bits per heavy atom. The number of carbonyl (C=O) groups excluding carboxylic acids is 2. The molecule has 200 valence electrons. The molecule has 0 saturated heterocycles. The van der Waals surface area contributed by atoms with Crippen molar-refractivity contribution in [2.24, 2.45) is 0 Å². The van der Waals surface area contributed by atoms with Gasteiger partial charge in [0.2, 0.25) is 11.8 Å². The third-order valence-corrected chi connectivity index (χ3v) is 8.02. The highest BCUT2D eigenvalue weighted by Crippen LogP contribution is 2.22. The Kier molecular flexibility index (Phi) is 10.3. The third kappa shape index (κ3) is 8.12. The minimum atomic E-state index is -0.601. The number of benzene rings is 3. The Morgan fingerprint density at radius 1 is 0.947 bits per heavy atom. The zero-order valence-electron chi connectivity index (χ0n) is 22.4. The average molecular weight is 531 g/mol. The fraction of sp³-hybridized carbons (Fsp3) is 0.375. The molecule has 0 aliphatic heterocycles. The van der Waals surface area contributed by atoms with Crippen molar-refractivity contribution in [2.75, 3.05) is 12.9 Å². The molecule has 0 radical (unpaired) electrons. The van der Waals surface area contributed by atoms with E-state index in [0.717, 1.165) is 48.3 Å². The smallest absolute Gasteiger partial charge is 0.243 e. The lowest BCUT2D eigenvalue weighted by molar-refractivity contribution is -0.139. The van der Waals surface area contributed by atoms with E-state index in [4.69, 9.17) is 4.74 Å². The maximum absolute atomic E-state index is 13.8. The molecule has 1 fully saturated rings. The number of nitrogens with zero attached hydrogens (tertiary/aromatic N) is 1. The standard InChI is InChI=1S/C32H38N2O3S/c1-24-10-8-14-27(18-24)22-38-23-31(35)34(21-26-13-9-17-29(19-26)37-2)30(20-25-11-4-3-5-12-25)32(36)33-28-15-6-7-16-28/h3-5,8-14,17-19,28,30H,6-7,15-16,20-23H2,1-2H3,(H,33,36). The quantitative estimate of drug-likeness (QED) is 0.315. The Hall–Kier alpha value is -3.25. The van der Waals surface area contributed by atoms with Crippen molar-refractivity contribution in [3.8, 4) is 5.75 Å². The first kappa shape index (κ1) is 27.8. The molecule has 1 aliphatic rings. The normalized spacial score (nSPS) is 14.2. The van der Waals surface area contributed by atoms with Crippen molar-refractivity contribution >= 4 is 23.6 Å². The van der Waals surface area contributed by atoms with Gasteiger partial charge in [0.05, 0.1) is 12.9 Å². The summed E-state index contributed by atoms with van der Waals surface area (Å²) in [6.07, 6.45) is 4.74. The van der Waals surface area contributed by atoms with Crippen molar-refractivity contribution in [1.29, 1.82) is 0 Å². The molecule has 2 amide bonds. The van der Waals surface area contributed by atoms with Crippen LogP contribution < -0.4 is 10.1 Å². The topological polar surface area (TPSA) is 58.6 Å². The Labute approximate surface area is 231 Å². The SMILES string of the molecule is COc1cccc(CN(C(=O)CSCc2cccc(C)c2)C(Cc2ccccc2)C(=O)NC2CCCC2)c1. The van der Waals surface area contributed by atoms with Crippen LogP contribution in [0.2, 0.25) is 0 Å². The predicted molar refractivity (Wildman–Crippen MR) is 155 cm³/mol. The number of ether oxygens (including phenoxy) is 1. The van der Waals surface area contributed by atoms with E-state index in [9.17, 15) is 9.59 Å². The van der Waals surface area contributed by atoms with Crippen molar-refractivity contribution in [1.82, 2.24) is 10.2 Å². The monoisotopic (exact) mass is 530 g/mol. The largest absolute Gasteiger partial charge is 0.497 e. The van der Waals surface area contributed by atoms with Crippen LogP contribution in [-0.2, 0) is 28.3 Å². The van der Waals surface area contributed by atoms with Crippen LogP contribution in [0.25, 0.3) is 0 Å². The molecule has 1 N–H and O–H groups in total. The van der Waals surface area contributed by atoms with Gasteiger partial charge < -0.3 is 15.0 Å². The number of carbonyl (C=O) groups is 2. The molecular weight excluding hydrogens is 492 g/mol. The third-order valence-electron chi connectivity index (χ3n) is 7.04. The summed E-state index contributed by atoms with van der Waals surface area (Å²) in [6.45, 7) is 2.42. The van der Waals surface area contributed by atoms with Gasteiger partial charge in [-0.1, -0.05) is 85.1 Å². The zero-order chi connectivity index (χ0) is 26.7. The van der Waals surface area contributed by atoms with Crippen LogP contribution >= 0.6 is 11.8 Å². The number of rotatable bonds is 12. The van der Waals surface area contributed by atoms with Crippen molar-refractivity contribution in [3.63, 3.8) is 0 Å². The maximum atomic E-state index is 13.8. The molecule has 1 aliphatic carbocycles. The van der Waals surface area contributed by atoms with E-state index in [-0.39, 0.29) is 17.9 Å². The lowest BCUT2D eigenvalue weighted by atomic mass is 10.0. The van der Waals surface area contributed by atoms with Crippen molar-refractivity contribution in [3.05, 3.63) is 101 Å². The first-order chi connectivity index (χ1) is 18.5. The van der Waals surface area contributed by atoms with Crippen LogP contribution in [0, 0.1) is 6.92 Å². The van der Waals surface area contributed by atoms with Gasteiger partial charge in [0, 0.05) is 24.8 Å². The zero-order valence-corrected chi connectivity index (χ0v) is 23.2. The van der Waals surface area contributed by atoms with Gasteiger partial charge in [-0.25, -0.2) is 0 Å². The van der Waals surface area contributed by atoms with E-state index in [1.165, 1.54) is 11.1 Å². The fourth-order valence-electron chi connectivity index (χ4n) is 5.03. The Bertz CT molecular complexity index is 1190. The second-order valence-corrected chi connectivity index (χ2v) is 11.0. The lowest BCUT2D eigenvalue weighted by Crippen LogP contribution is -2.52. The molecule has 38 heavy (non-hydrogen) atoms. The molecule has 0 heterocycles. The number of nitrogens with one attached hydrogen (secondary N) is 1. The first-order valence-electron chi connectivity index (χ1n) is 13.4. The maximum Gasteiger partial charge on any atom is 0.243 e. The van der Waals surface area contributed by atoms with Gasteiger partial charge in [-0.2, -0.15) is 0 Å². The average Bonchev–Trinajstić information content (AvgIpc) is 3.44. The summed E-state index contributed by atoms with van der Waals surface area (Å²) >= 11 is 1.59. The Morgan fingerprint density at radius 2 is 1.66 bits per heavy atom. The van der Waals surface area contributed by atoms with Crippen LogP contribution in [0.1, 0.15) is 47.9 Å². The van der Waals surface area contributed by atoms with Gasteiger partial charge in [-0.3, -0.25) is 9.59 Å². The summed E-state index contributed by atoms with van der Waals surface area (Å²) in [6, 6.07) is 25.7. The van der Waals surface area contributed by atoms with Crippen LogP contribution in [-0.4, -0.2) is 41.7 Å². The highest BCUT2D eigenvalue weighted by molar-refractivity contribution is 7.99. The van der Waals surface area contributed by atoms with Crippen molar-refractivity contribution < 1.29 is 14.3 Å². The molecule has 5 nitrogen and oxygen atoms in total. The number of thioether (sulfide) groups is 1. The second kappa shape index (κ2) is 14.1. The summed E-state index contributed by atoms with van der Waals surface area (Å²) in [4.78, 5) is 29.4. The summed E-state index contributed by atoms with van der Waals surface area (Å²) in [5.74, 6) is 1.69. The number of methoxy groups -OCH3 is 1. The summed E-state index contributed by atoms with van der Waals surface area (Å²) in [7, 11) is 1.64. The van der Waals surface area contributed by atoms with E-state index >= 15 is 0 Å². The molecule has 1 atom stereocenters. The molecule has 3 aromatic rings. The van der Waals surface area contributed by atoms with Gasteiger partial charge in [0.25, 0.3) is 0 Å². The number of hydrogen-bond donors (Lipinski definition) is 1. The van der Waals surface area contributed by atoms with Gasteiger partial charge >= 0.3 is 0 Å².